The fraction of sp³-hybridized carbons (Fsp3) is 0.158. The molecular formula is C19H18N2O4. The maximum Gasteiger partial charge on any atom is 0.344 e. The molecule has 25 heavy (non-hydrogen) atoms. The number of benzene rings is 2. The fourth-order valence-corrected chi connectivity index (χ4v) is 2.79. The Kier molecular flexibility index (Phi) is 4.81. The van der Waals surface area contributed by atoms with Crippen molar-refractivity contribution in [3.05, 3.63) is 64.5 Å². The van der Waals surface area contributed by atoms with Crippen molar-refractivity contribution in [1.82, 2.24) is 5.43 Å². The molecule has 6 heteroatoms. The van der Waals surface area contributed by atoms with Crippen molar-refractivity contribution in [2.75, 3.05) is 6.61 Å². The van der Waals surface area contributed by atoms with Crippen molar-refractivity contribution in [3.8, 4) is 16.9 Å². The van der Waals surface area contributed by atoms with Crippen LogP contribution in [0.15, 0.2) is 57.7 Å². The predicted molar refractivity (Wildman–Crippen MR) is 95.1 cm³/mol. The van der Waals surface area contributed by atoms with Crippen LogP contribution in [0, 0.1) is 0 Å². The molecule has 0 spiro atoms. The van der Waals surface area contributed by atoms with Gasteiger partial charge in [0.05, 0.1) is 5.56 Å². The van der Waals surface area contributed by atoms with Crippen LogP contribution in [0.2, 0.25) is 0 Å². The highest BCUT2D eigenvalue weighted by Gasteiger charge is 2.15. The lowest BCUT2D eigenvalue weighted by atomic mass is 9.97. The van der Waals surface area contributed by atoms with Crippen molar-refractivity contribution >= 4 is 16.9 Å². The predicted octanol–water partition coefficient (Wildman–Crippen LogP) is 2.39. The SMILES string of the molecule is CCc1c(-c2ccccc2)c(=O)oc2cc(OCC(=O)NN)ccc12. The fourth-order valence-electron chi connectivity index (χ4n) is 2.79. The third-order valence-electron chi connectivity index (χ3n) is 3.93. The van der Waals surface area contributed by atoms with Crippen molar-refractivity contribution in [3.63, 3.8) is 0 Å². The van der Waals surface area contributed by atoms with Crippen LogP contribution in [0.25, 0.3) is 22.1 Å². The van der Waals surface area contributed by atoms with Crippen molar-refractivity contribution in [1.29, 1.82) is 0 Å². The van der Waals surface area contributed by atoms with Gasteiger partial charge in [-0.1, -0.05) is 37.3 Å². The summed E-state index contributed by atoms with van der Waals surface area (Å²) in [6, 6.07) is 14.6. The van der Waals surface area contributed by atoms with E-state index in [4.69, 9.17) is 15.0 Å². The number of hydrazine groups is 1. The van der Waals surface area contributed by atoms with Gasteiger partial charge in [-0.2, -0.15) is 0 Å². The quantitative estimate of drug-likeness (QED) is 0.322. The summed E-state index contributed by atoms with van der Waals surface area (Å²) in [4.78, 5) is 23.7. The zero-order chi connectivity index (χ0) is 17.8. The largest absolute Gasteiger partial charge is 0.484 e. The average molecular weight is 338 g/mol. The number of carbonyl (C=O) groups is 1. The highest BCUT2D eigenvalue weighted by molar-refractivity contribution is 5.88. The second-order valence-corrected chi connectivity index (χ2v) is 5.48. The third-order valence-corrected chi connectivity index (χ3v) is 3.93. The molecule has 0 aliphatic heterocycles. The number of nitrogens with one attached hydrogen (secondary N) is 1. The maximum atomic E-state index is 12.5. The van der Waals surface area contributed by atoms with E-state index in [0.717, 1.165) is 16.5 Å². The van der Waals surface area contributed by atoms with Gasteiger partial charge in [0, 0.05) is 11.5 Å². The summed E-state index contributed by atoms with van der Waals surface area (Å²) >= 11 is 0. The number of hydrogen-bond donors (Lipinski definition) is 2. The molecule has 128 valence electrons. The van der Waals surface area contributed by atoms with Gasteiger partial charge in [0.25, 0.3) is 5.91 Å². The van der Waals surface area contributed by atoms with Crippen LogP contribution in [0.1, 0.15) is 12.5 Å². The molecule has 1 aromatic heterocycles. The van der Waals surface area contributed by atoms with E-state index in [9.17, 15) is 9.59 Å². The molecule has 3 rings (SSSR count). The molecule has 0 saturated heterocycles. The molecule has 3 N–H and O–H groups in total. The van der Waals surface area contributed by atoms with Crippen LogP contribution >= 0.6 is 0 Å². The Morgan fingerprint density at radius 3 is 2.64 bits per heavy atom. The van der Waals surface area contributed by atoms with Crippen molar-refractivity contribution in [2.45, 2.75) is 13.3 Å². The molecule has 0 fully saturated rings. The number of rotatable bonds is 5. The summed E-state index contributed by atoms with van der Waals surface area (Å²) in [6.45, 7) is 1.78. The molecular weight excluding hydrogens is 320 g/mol. The van der Waals surface area contributed by atoms with E-state index in [1.165, 1.54) is 0 Å². The van der Waals surface area contributed by atoms with E-state index in [1.807, 2.05) is 48.7 Å². The molecule has 0 aliphatic carbocycles. The molecule has 6 nitrogen and oxygen atoms in total. The minimum atomic E-state index is -0.449. The van der Waals surface area contributed by atoms with Gasteiger partial charge in [-0.05, 0) is 29.7 Å². The summed E-state index contributed by atoms with van der Waals surface area (Å²) in [5, 5.41) is 0.844. The number of fused-ring (bicyclic) bond motifs is 1. The standard InChI is InChI=1S/C19H18N2O4/c1-2-14-15-9-8-13(24-11-17(22)21-20)10-16(15)25-19(23)18(14)12-6-4-3-5-7-12/h3-10H,2,11,20H2,1H3,(H,21,22). The van der Waals surface area contributed by atoms with Gasteiger partial charge in [0.2, 0.25) is 0 Å². The van der Waals surface area contributed by atoms with E-state index in [1.54, 1.807) is 12.1 Å². The Balaban J connectivity index is 2.09. The monoisotopic (exact) mass is 338 g/mol. The number of carbonyl (C=O) groups excluding carboxylic acids is 1. The first kappa shape index (κ1) is 16.7. The van der Waals surface area contributed by atoms with Crippen molar-refractivity contribution in [2.24, 2.45) is 5.84 Å². The first-order valence-electron chi connectivity index (χ1n) is 7.91. The zero-order valence-corrected chi connectivity index (χ0v) is 13.7. The third kappa shape index (κ3) is 3.39. The molecule has 0 aliphatic rings. The van der Waals surface area contributed by atoms with Crippen LogP contribution < -0.4 is 21.6 Å². The number of hydrogen-bond acceptors (Lipinski definition) is 5. The topological polar surface area (TPSA) is 94.6 Å². The number of ether oxygens (including phenoxy) is 1. The molecule has 0 atom stereocenters. The van der Waals surface area contributed by atoms with Crippen LogP contribution in [0.3, 0.4) is 0 Å². The van der Waals surface area contributed by atoms with Crippen molar-refractivity contribution < 1.29 is 13.9 Å². The van der Waals surface area contributed by atoms with E-state index in [0.29, 0.717) is 23.3 Å². The zero-order valence-electron chi connectivity index (χ0n) is 13.7. The van der Waals surface area contributed by atoms with Crippen LogP contribution in [-0.2, 0) is 11.2 Å². The first-order valence-corrected chi connectivity index (χ1v) is 7.91. The molecule has 0 bridgehead atoms. The Hall–Kier alpha value is -3.12. The summed E-state index contributed by atoms with van der Waals surface area (Å²) in [6.07, 6.45) is 0.683. The van der Waals surface area contributed by atoms with E-state index < -0.39 is 11.5 Å². The van der Waals surface area contributed by atoms with Gasteiger partial charge >= 0.3 is 5.63 Å². The minimum Gasteiger partial charge on any atom is -0.484 e. The van der Waals surface area contributed by atoms with Gasteiger partial charge in [-0.3, -0.25) is 10.2 Å². The number of nitrogens with two attached hydrogens (primary N) is 1. The van der Waals surface area contributed by atoms with Crippen LogP contribution in [-0.4, -0.2) is 12.5 Å². The lowest BCUT2D eigenvalue weighted by Crippen LogP contribution is -2.34. The van der Waals surface area contributed by atoms with E-state index >= 15 is 0 Å². The van der Waals surface area contributed by atoms with E-state index in [2.05, 4.69) is 0 Å². The second kappa shape index (κ2) is 7.19. The van der Waals surface area contributed by atoms with E-state index in [-0.39, 0.29) is 6.61 Å². The molecule has 0 unspecified atom stereocenters. The average Bonchev–Trinajstić information content (AvgIpc) is 2.65. The molecule has 3 aromatic rings. The normalized spacial score (nSPS) is 10.6. The minimum absolute atomic E-state index is 0.213. The van der Waals surface area contributed by atoms with Gasteiger partial charge in [-0.25, -0.2) is 10.6 Å². The Bertz CT molecular complexity index is 964. The molecule has 1 amide bonds. The lowest BCUT2D eigenvalue weighted by Gasteiger charge is -2.11. The van der Waals surface area contributed by atoms with Crippen LogP contribution in [0.4, 0.5) is 0 Å². The second-order valence-electron chi connectivity index (χ2n) is 5.48. The number of amides is 1. The maximum absolute atomic E-state index is 12.5. The molecule has 0 saturated carbocycles. The first-order chi connectivity index (χ1) is 12.1. The van der Waals surface area contributed by atoms with Gasteiger partial charge < -0.3 is 9.15 Å². The lowest BCUT2D eigenvalue weighted by molar-refractivity contribution is -0.123. The summed E-state index contributed by atoms with van der Waals surface area (Å²) in [5.74, 6) is 4.99. The Labute approximate surface area is 144 Å². The molecule has 0 radical (unpaired) electrons. The van der Waals surface area contributed by atoms with Gasteiger partial charge in [-0.15, -0.1) is 0 Å². The Morgan fingerprint density at radius 2 is 1.96 bits per heavy atom. The smallest absolute Gasteiger partial charge is 0.344 e. The number of aryl methyl sites for hydroxylation is 1. The highest BCUT2D eigenvalue weighted by atomic mass is 16.5. The molecule has 1 heterocycles. The van der Waals surface area contributed by atoms with Gasteiger partial charge in [0.1, 0.15) is 11.3 Å². The highest BCUT2D eigenvalue weighted by Crippen LogP contribution is 2.29. The molecule has 2 aromatic carbocycles. The Morgan fingerprint density at radius 1 is 1.20 bits per heavy atom. The van der Waals surface area contributed by atoms with Gasteiger partial charge in [0.15, 0.2) is 6.61 Å². The van der Waals surface area contributed by atoms with Crippen LogP contribution in [0.5, 0.6) is 5.75 Å². The summed E-state index contributed by atoms with van der Waals surface area (Å²) in [7, 11) is 0. The summed E-state index contributed by atoms with van der Waals surface area (Å²) in [5.41, 5.74) is 4.34. The summed E-state index contributed by atoms with van der Waals surface area (Å²) < 4.78 is 10.8.